The Hall–Kier alpha value is -14.5. The predicted octanol–water partition coefficient (Wildman–Crippen LogP) is 25.7. The Bertz CT molecular complexity index is 8080. The fraction of sp³-hybridized carbons (Fsp3) is 0.107. The number of aromatic nitrogens is 2. The molecule has 0 bridgehead atoms. The summed E-state index contributed by atoms with van der Waals surface area (Å²) in [6.07, 6.45) is 0. The van der Waals surface area contributed by atoms with Crippen LogP contribution in [-0.2, 0) is 10.8 Å². The highest BCUT2D eigenvalue weighted by Gasteiger charge is 2.51. The molecule has 0 spiro atoms. The zero-order chi connectivity index (χ0) is 81.5. The monoisotopic (exact) mass is 1560 g/mol. The number of fused-ring (bicyclic) bond motifs is 24. The molecule has 0 saturated carbocycles. The van der Waals surface area contributed by atoms with Crippen molar-refractivity contribution >= 4 is 180 Å². The van der Waals surface area contributed by atoms with E-state index in [2.05, 4.69) is 413 Å². The van der Waals surface area contributed by atoms with Gasteiger partial charge in [0, 0.05) is 134 Å². The van der Waals surface area contributed by atoms with E-state index >= 15 is 0 Å². The van der Waals surface area contributed by atoms with Gasteiger partial charge in [-0.15, -0.1) is 0 Å². The van der Waals surface area contributed by atoms with Crippen molar-refractivity contribution in [2.24, 2.45) is 0 Å². The topological polar surface area (TPSA) is 49.1 Å². The van der Waals surface area contributed by atoms with E-state index in [0.717, 1.165) is 134 Å². The Labute approximate surface area is 709 Å². The van der Waals surface area contributed by atoms with Gasteiger partial charge >= 0.3 is 0 Å². The van der Waals surface area contributed by atoms with Crippen LogP contribution >= 0.6 is 0 Å². The van der Waals surface area contributed by atoms with Crippen molar-refractivity contribution in [2.75, 3.05) is 19.6 Å². The van der Waals surface area contributed by atoms with Crippen LogP contribution < -0.4 is 52.4 Å². The van der Waals surface area contributed by atoms with E-state index in [1.54, 1.807) is 0 Å². The Kier molecular flexibility index (Phi) is 14.0. The van der Waals surface area contributed by atoms with E-state index < -0.39 is 0 Å². The summed E-state index contributed by atoms with van der Waals surface area (Å²) in [5, 5.41) is 6.94. The van der Waals surface area contributed by atoms with E-state index in [1.165, 1.54) is 133 Å². The molecule has 122 heavy (non-hydrogen) atoms. The number of hydrogen-bond donors (Lipinski definition) is 0. The number of anilines is 12. The lowest BCUT2D eigenvalue weighted by Gasteiger charge is -2.41. The molecule has 4 aromatic heterocycles. The molecular weight excluding hydrogens is 1480 g/mol. The van der Waals surface area contributed by atoms with Crippen molar-refractivity contribution in [3.05, 3.63) is 371 Å². The minimum Gasteiger partial charge on any atom is -0.455 e. The first-order valence-electron chi connectivity index (χ1n) is 43.0. The van der Waals surface area contributed by atoms with Gasteiger partial charge in [0.25, 0.3) is 13.4 Å². The molecule has 4 aliphatic heterocycles. The lowest BCUT2D eigenvalue weighted by Crippen LogP contribution is -2.60. The molecular formula is C112H82B2N6O2. The van der Waals surface area contributed by atoms with E-state index in [9.17, 15) is 0 Å². The second kappa shape index (κ2) is 24.6. The molecule has 0 N–H and O–H groups in total. The molecule has 10 heteroatoms. The number of nitrogens with zero attached hydrogens (tertiary/aromatic N) is 6. The quantitative estimate of drug-likeness (QED) is 0.134. The van der Waals surface area contributed by atoms with Crippen LogP contribution in [0.3, 0.4) is 0 Å². The van der Waals surface area contributed by atoms with Crippen LogP contribution in [0, 0.1) is 41.5 Å². The van der Waals surface area contributed by atoms with Crippen LogP contribution in [0.1, 0.15) is 83.3 Å². The van der Waals surface area contributed by atoms with Gasteiger partial charge in [-0.3, -0.25) is 0 Å². The number of hydrogen-bond acceptors (Lipinski definition) is 6. The normalized spacial score (nSPS) is 14.2. The Morgan fingerprint density at radius 1 is 0.295 bits per heavy atom. The van der Waals surface area contributed by atoms with Gasteiger partial charge in [0.2, 0.25) is 0 Å². The molecule has 16 aromatic carbocycles. The standard InChI is InChI=1S/C112H82B2N6O2/c1-63-56-94-103-96(58-63)119-105-78(101-107(119)75-32-14-17-39-80(75)111(101,7)8)37-24-41-84(105)113(103)82-53-51-70(115(86-43-19-11-28-65(86)3)87-44-20-12-29-66(87)4)61-92(82)117(94)90-46-27-49-99-100(90)77-36-23-34-72(109(77)122-99)69-50-55-89(68(6)60-69)116(88-45-21-13-30-67(88)5)71-52-54-83-93(62-71)118(91-47-26-35-74-73-31-16-22-48-98(73)121-110(74)91)95-57-64(2)59-97-104(95)114(83)85-42-25-38-79-102-108(120(97)106(79)85)76-33-15-18-40-81(76)112(102,9)10/h11-62H,1-10H3. The minimum atomic E-state index is -0.220. The highest BCUT2D eigenvalue weighted by atomic mass is 16.3. The van der Waals surface area contributed by atoms with Crippen LogP contribution in [-0.4, -0.2) is 22.6 Å². The van der Waals surface area contributed by atoms with Gasteiger partial charge in [-0.25, -0.2) is 0 Å². The second-order valence-electron chi connectivity index (χ2n) is 36.1. The summed E-state index contributed by atoms with van der Waals surface area (Å²) in [5.74, 6) is 0. The summed E-state index contributed by atoms with van der Waals surface area (Å²) in [7, 11) is 0. The third-order valence-corrected chi connectivity index (χ3v) is 28.6. The molecule has 0 amide bonds. The maximum absolute atomic E-state index is 7.52. The summed E-state index contributed by atoms with van der Waals surface area (Å²) in [6, 6.07) is 119. The highest BCUT2D eigenvalue weighted by molar-refractivity contribution is 7.01. The molecule has 8 nitrogen and oxygen atoms in total. The first-order chi connectivity index (χ1) is 59.6. The molecule has 2 aliphatic carbocycles. The number of para-hydroxylation sites is 8. The summed E-state index contributed by atoms with van der Waals surface area (Å²) >= 11 is 0. The lowest BCUT2D eigenvalue weighted by molar-refractivity contribution is 0.666. The Balaban J connectivity index is 0.657. The summed E-state index contributed by atoms with van der Waals surface area (Å²) in [5.41, 5.74) is 48.9. The highest BCUT2D eigenvalue weighted by Crippen LogP contribution is 2.59. The Morgan fingerprint density at radius 3 is 1.28 bits per heavy atom. The summed E-state index contributed by atoms with van der Waals surface area (Å²) in [6.45, 7) is 23.1. The van der Waals surface area contributed by atoms with Crippen LogP contribution in [0.15, 0.2) is 324 Å². The molecule has 0 saturated heterocycles. The van der Waals surface area contributed by atoms with Crippen molar-refractivity contribution < 1.29 is 8.83 Å². The molecule has 0 atom stereocenters. The molecule has 6 aliphatic rings. The van der Waals surface area contributed by atoms with Crippen molar-refractivity contribution in [2.45, 2.75) is 80.1 Å². The maximum atomic E-state index is 7.52. The fourth-order valence-electron chi connectivity index (χ4n) is 23.5. The zero-order valence-corrected chi connectivity index (χ0v) is 69.7. The van der Waals surface area contributed by atoms with Gasteiger partial charge in [0.15, 0.2) is 5.58 Å². The molecule has 0 radical (unpaired) electrons. The Morgan fingerprint density at radius 2 is 0.721 bits per heavy atom. The minimum absolute atomic E-state index is 0.0811. The van der Waals surface area contributed by atoms with Crippen molar-refractivity contribution in [1.29, 1.82) is 0 Å². The van der Waals surface area contributed by atoms with E-state index in [4.69, 9.17) is 8.83 Å². The van der Waals surface area contributed by atoms with Gasteiger partial charge in [0.05, 0.1) is 28.1 Å². The van der Waals surface area contributed by atoms with E-state index in [-0.39, 0.29) is 24.3 Å². The number of benzene rings is 16. The number of furan rings is 2. The molecule has 0 unspecified atom stereocenters. The van der Waals surface area contributed by atoms with Gasteiger partial charge in [0.1, 0.15) is 16.7 Å². The number of rotatable bonds is 9. The summed E-state index contributed by atoms with van der Waals surface area (Å²) < 4.78 is 20.0. The fourth-order valence-corrected chi connectivity index (χ4v) is 23.5. The first kappa shape index (κ1) is 69.5. The average Bonchev–Trinajstić information content (AvgIpc) is 1.58. The predicted molar refractivity (Wildman–Crippen MR) is 512 cm³/mol. The smallest absolute Gasteiger partial charge is 0.252 e. The zero-order valence-electron chi connectivity index (χ0n) is 69.7. The van der Waals surface area contributed by atoms with Crippen LogP contribution in [0.4, 0.5) is 68.2 Å². The van der Waals surface area contributed by atoms with Crippen molar-refractivity contribution in [3.8, 4) is 45.0 Å². The molecule has 578 valence electrons. The van der Waals surface area contributed by atoms with E-state index in [1.807, 2.05) is 0 Å². The average molecular weight is 1570 g/mol. The molecule has 26 rings (SSSR count). The number of aryl methyl sites for hydroxylation is 6. The largest absolute Gasteiger partial charge is 0.455 e. The van der Waals surface area contributed by atoms with Gasteiger partial charge in [-0.05, 0) is 239 Å². The van der Waals surface area contributed by atoms with Crippen LogP contribution in [0.25, 0.3) is 111 Å². The second-order valence-corrected chi connectivity index (χ2v) is 36.1. The van der Waals surface area contributed by atoms with Crippen LogP contribution in [0.5, 0.6) is 0 Å². The van der Waals surface area contributed by atoms with E-state index in [0.29, 0.717) is 0 Å². The first-order valence-corrected chi connectivity index (χ1v) is 43.0. The third-order valence-electron chi connectivity index (χ3n) is 28.6. The summed E-state index contributed by atoms with van der Waals surface area (Å²) in [4.78, 5) is 10.1. The maximum Gasteiger partial charge on any atom is 0.252 e. The molecule has 20 aromatic rings. The third kappa shape index (κ3) is 9.07. The van der Waals surface area contributed by atoms with Gasteiger partial charge in [-0.1, -0.05) is 240 Å². The lowest BCUT2D eigenvalue weighted by atomic mass is 9.33. The van der Waals surface area contributed by atoms with Gasteiger partial charge < -0.3 is 37.6 Å². The van der Waals surface area contributed by atoms with Crippen molar-refractivity contribution in [1.82, 2.24) is 9.13 Å². The molecule has 0 fully saturated rings. The SMILES string of the molecule is Cc1cc2c3c(c1)-n1c4c(c5cccc(c51)B3c1ccc(N(c3ccccc3C)c3ccc(-c5cccc6c5oc5cccc(N7c8cc(N(c9ccccc9C)c9ccccc9C)ccc8B8c9c7cc(C)cc9-n7c9c(c%10cccc8c%107)C(C)(C)c7ccccc7-9)c56)cc3C)cc1N2c1cccc2c1oc1ccccc12)C(C)(C)c1ccccc1-4. The van der Waals surface area contributed by atoms with Gasteiger partial charge in [-0.2, -0.15) is 0 Å². The van der Waals surface area contributed by atoms with Crippen LogP contribution in [0.2, 0.25) is 0 Å². The van der Waals surface area contributed by atoms with Crippen molar-refractivity contribution in [3.63, 3.8) is 0 Å². The molecule has 8 heterocycles.